The highest BCUT2D eigenvalue weighted by Gasteiger charge is 2.18. The fraction of sp³-hybridized carbons (Fsp3) is 0.467. The predicted molar refractivity (Wildman–Crippen MR) is 79.9 cm³/mol. The summed E-state index contributed by atoms with van der Waals surface area (Å²) in [6, 6.07) is 4.73. The van der Waals surface area contributed by atoms with Crippen LogP contribution >= 0.6 is 15.9 Å². The predicted octanol–water partition coefficient (Wildman–Crippen LogP) is 4.37. The lowest BCUT2D eigenvalue weighted by Crippen LogP contribution is -2.30. The monoisotopic (exact) mass is 326 g/mol. The normalized spacial score (nSPS) is 21.1. The molecule has 0 fully saturated rings. The van der Waals surface area contributed by atoms with Crippen molar-refractivity contribution in [2.75, 3.05) is 0 Å². The third-order valence-corrected chi connectivity index (χ3v) is 4.32. The number of nitrogens with two attached hydrogens (primary N) is 1. The summed E-state index contributed by atoms with van der Waals surface area (Å²) in [7, 11) is 0. The van der Waals surface area contributed by atoms with E-state index in [1.54, 1.807) is 6.07 Å². The molecule has 0 bridgehead atoms. The van der Waals surface area contributed by atoms with Gasteiger partial charge in [0, 0.05) is 4.47 Å². The number of halogens is 2. The summed E-state index contributed by atoms with van der Waals surface area (Å²) in [5.74, 6) is 5.49. The Morgan fingerprint density at radius 1 is 1.21 bits per heavy atom. The molecule has 1 aromatic rings. The smallest absolute Gasteiger partial charge is 0.124 e. The van der Waals surface area contributed by atoms with E-state index < -0.39 is 0 Å². The van der Waals surface area contributed by atoms with Crippen LogP contribution in [0.4, 0.5) is 4.39 Å². The van der Waals surface area contributed by atoms with Crippen LogP contribution in [0.25, 0.3) is 0 Å². The van der Waals surface area contributed by atoms with E-state index in [4.69, 9.17) is 5.84 Å². The average molecular weight is 327 g/mol. The lowest BCUT2D eigenvalue weighted by atomic mass is 9.91. The van der Waals surface area contributed by atoms with Gasteiger partial charge in [0.05, 0.1) is 6.04 Å². The molecule has 0 aromatic heterocycles. The third-order valence-electron chi connectivity index (χ3n) is 3.64. The first-order valence-corrected chi connectivity index (χ1v) is 7.61. The van der Waals surface area contributed by atoms with Crippen LogP contribution in [0.15, 0.2) is 34.3 Å². The van der Waals surface area contributed by atoms with Crippen LogP contribution in [0, 0.1) is 5.82 Å². The second-order valence-corrected chi connectivity index (χ2v) is 5.85. The van der Waals surface area contributed by atoms with Gasteiger partial charge in [-0.2, -0.15) is 0 Å². The average Bonchev–Trinajstić information content (AvgIpc) is 2.34. The fourth-order valence-electron chi connectivity index (χ4n) is 2.61. The molecule has 0 heterocycles. The highest BCUT2D eigenvalue weighted by Crippen LogP contribution is 2.32. The number of allylic oxidation sites excluding steroid dienone is 1. The SMILES string of the molecule is NNC(/C1=C/CCCCCC1)c1ccc(F)cc1Br. The van der Waals surface area contributed by atoms with Crippen LogP contribution in [0.3, 0.4) is 0 Å². The van der Waals surface area contributed by atoms with Gasteiger partial charge in [0.1, 0.15) is 5.82 Å². The van der Waals surface area contributed by atoms with E-state index in [1.165, 1.54) is 43.4 Å². The fourth-order valence-corrected chi connectivity index (χ4v) is 3.19. The van der Waals surface area contributed by atoms with E-state index in [-0.39, 0.29) is 11.9 Å². The van der Waals surface area contributed by atoms with Gasteiger partial charge in [0.25, 0.3) is 0 Å². The third kappa shape index (κ3) is 3.88. The zero-order valence-corrected chi connectivity index (χ0v) is 12.5. The quantitative estimate of drug-likeness (QED) is 0.491. The molecule has 0 amide bonds. The Bertz CT molecular complexity index is 459. The lowest BCUT2D eigenvalue weighted by Gasteiger charge is -2.23. The minimum absolute atomic E-state index is 0.0342. The van der Waals surface area contributed by atoms with E-state index in [1.807, 2.05) is 0 Å². The molecule has 104 valence electrons. The topological polar surface area (TPSA) is 38.0 Å². The van der Waals surface area contributed by atoms with Crippen LogP contribution in [0.1, 0.15) is 50.1 Å². The first kappa shape index (κ1) is 14.7. The number of benzene rings is 1. The van der Waals surface area contributed by atoms with Crippen LogP contribution in [0.5, 0.6) is 0 Å². The Labute approximate surface area is 122 Å². The molecule has 4 heteroatoms. The van der Waals surface area contributed by atoms with E-state index in [0.717, 1.165) is 22.9 Å². The summed E-state index contributed by atoms with van der Waals surface area (Å²) >= 11 is 3.43. The molecule has 1 atom stereocenters. The molecule has 0 spiro atoms. The first-order chi connectivity index (χ1) is 9.22. The summed E-state index contributed by atoms with van der Waals surface area (Å²) in [5.41, 5.74) is 5.19. The van der Waals surface area contributed by atoms with E-state index in [9.17, 15) is 4.39 Å². The Hall–Kier alpha value is -0.710. The molecule has 0 aliphatic heterocycles. The molecule has 0 saturated heterocycles. The van der Waals surface area contributed by atoms with Gasteiger partial charge in [-0.25, -0.2) is 9.82 Å². The van der Waals surface area contributed by atoms with E-state index >= 15 is 0 Å². The maximum absolute atomic E-state index is 13.2. The minimum atomic E-state index is -0.238. The molecule has 0 saturated carbocycles. The zero-order chi connectivity index (χ0) is 13.7. The lowest BCUT2D eigenvalue weighted by molar-refractivity contribution is 0.552. The highest BCUT2D eigenvalue weighted by atomic mass is 79.9. The molecule has 1 aliphatic carbocycles. The molecule has 1 unspecified atom stereocenters. The second kappa shape index (κ2) is 7.17. The van der Waals surface area contributed by atoms with Crippen molar-refractivity contribution >= 4 is 15.9 Å². The zero-order valence-electron chi connectivity index (χ0n) is 11.0. The van der Waals surface area contributed by atoms with Crippen LogP contribution in [0.2, 0.25) is 0 Å². The van der Waals surface area contributed by atoms with Crippen molar-refractivity contribution in [3.63, 3.8) is 0 Å². The molecule has 2 nitrogen and oxygen atoms in total. The van der Waals surface area contributed by atoms with Gasteiger partial charge in [-0.05, 0) is 43.4 Å². The summed E-state index contributed by atoms with van der Waals surface area (Å²) in [6.07, 6.45) is 9.47. The van der Waals surface area contributed by atoms with Gasteiger partial charge in [0.2, 0.25) is 0 Å². The highest BCUT2D eigenvalue weighted by molar-refractivity contribution is 9.10. The van der Waals surface area contributed by atoms with Crippen molar-refractivity contribution in [1.29, 1.82) is 0 Å². The van der Waals surface area contributed by atoms with Crippen LogP contribution in [-0.2, 0) is 0 Å². The minimum Gasteiger partial charge on any atom is -0.271 e. The molecular formula is C15H20BrFN2. The van der Waals surface area contributed by atoms with Crippen molar-refractivity contribution in [1.82, 2.24) is 5.43 Å². The van der Waals surface area contributed by atoms with E-state index in [0.29, 0.717) is 0 Å². The van der Waals surface area contributed by atoms with Gasteiger partial charge in [0.15, 0.2) is 0 Å². The largest absolute Gasteiger partial charge is 0.271 e. The van der Waals surface area contributed by atoms with Gasteiger partial charge in [-0.3, -0.25) is 5.84 Å². The number of hydrogen-bond acceptors (Lipinski definition) is 2. The molecular weight excluding hydrogens is 307 g/mol. The molecule has 1 aliphatic rings. The van der Waals surface area contributed by atoms with Crippen molar-refractivity contribution in [3.05, 3.63) is 45.7 Å². The van der Waals surface area contributed by atoms with Crippen molar-refractivity contribution < 1.29 is 4.39 Å². The van der Waals surface area contributed by atoms with Crippen molar-refractivity contribution in [2.45, 2.75) is 44.6 Å². The summed E-state index contributed by atoms with van der Waals surface area (Å²) in [4.78, 5) is 0. The number of hydrogen-bond donors (Lipinski definition) is 2. The molecule has 1 aromatic carbocycles. The standard InChI is InChI=1S/C15H20BrFN2/c16-14-10-12(17)8-9-13(14)15(19-18)11-6-4-2-1-3-5-7-11/h6,8-10,15,19H,1-5,7,18H2/b11-6+. The number of nitrogens with one attached hydrogen (secondary N) is 1. The molecule has 19 heavy (non-hydrogen) atoms. The van der Waals surface area contributed by atoms with Gasteiger partial charge < -0.3 is 0 Å². The second-order valence-electron chi connectivity index (χ2n) is 5.00. The first-order valence-electron chi connectivity index (χ1n) is 6.82. The summed E-state index contributed by atoms with van der Waals surface area (Å²) in [6.45, 7) is 0. The molecule has 0 radical (unpaired) electrons. The van der Waals surface area contributed by atoms with Crippen LogP contribution in [-0.4, -0.2) is 0 Å². The van der Waals surface area contributed by atoms with Crippen molar-refractivity contribution in [3.8, 4) is 0 Å². The Kier molecular flexibility index (Phi) is 5.55. The molecule has 3 N–H and O–H groups in total. The summed E-state index contributed by atoms with van der Waals surface area (Å²) < 4.78 is 13.9. The van der Waals surface area contributed by atoms with Gasteiger partial charge >= 0.3 is 0 Å². The van der Waals surface area contributed by atoms with Gasteiger partial charge in [-0.1, -0.05) is 46.5 Å². The van der Waals surface area contributed by atoms with Gasteiger partial charge in [-0.15, -0.1) is 0 Å². The maximum atomic E-state index is 13.2. The maximum Gasteiger partial charge on any atom is 0.124 e. The van der Waals surface area contributed by atoms with Crippen molar-refractivity contribution in [2.24, 2.45) is 5.84 Å². The number of hydrazine groups is 1. The Morgan fingerprint density at radius 2 is 2.00 bits per heavy atom. The Balaban J connectivity index is 2.27. The van der Waals surface area contributed by atoms with E-state index in [2.05, 4.69) is 27.4 Å². The molecule has 2 rings (SSSR count). The summed E-state index contributed by atoms with van der Waals surface area (Å²) in [5, 5.41) is 0. The Morgan fingerprint density at radius 3 is 2.74 bits per heavy atom. The number of rotatable bonds is 3. The van der Waals surface area contributed by atoms with Crippen LogP contribution < -0.4 is 11.3 Å².